The number of hydrogen-bond donors (Lipinski definition) is 1. The molecular weight excluding hydrogens is 352 g/mol. The van der Waals surface area contributed by atoms with Crippen molar-refractivity contribution >= 4 is 27.5 Å². The fourth-order valence-corrected chi connectivity index (χ4v) is 2.76. The lowest BCUT2D eigenvalue weighted by Gasteiger charge is -2.20. The molecule has 0 fully saturated rings. The molecule has 1 unspecified atom stereocenters. The van der Waals surface area contributed by atoms with Crippen molar-refractivity contribution in [3.05, 3.63) is 45.1 Å². The van der Waals surface area contributed by atoms with E-state index >= 15 is 0 Å². The van der Waals surface area contributed by atoms with E-state index in [1.165, 1.54) is 0 Å². The smallest absolute Gasteiger partial charge is 0.0802 e. The van der Waals surface area contributed by atoms with Crippen LogP contribution in [-0.4, -0.2) is 21.5 Å². The van der Waals surface area contributed by atoms with E-state index in [4.69, 9.17) is 11.6 Å². The van der Waals surface area contributed by atoms with E-state index in [0.717, 1.165) is 41.7 Å². The molecular formula is C15H20BrClN4. The van der Waals surface area contributed by atoms with Crippen molar-refractivity contribution in [3.8, 4) is 0 Å². The zero-order chi connectivity index (χ0) is 15.2. The first kappa shape index (κ1) is 16.5. The van der Waals surface area contributed by atoms with Gasteiger partial charge in [-0.3, -0.25) is 0 Å². The second-order valence-electron chi connectivity index (χ2n) is 4.94. The molecule has 0 bridgehead atoms. The third-order valence-corrected chi connectivity index (χ3v) is 4.47. The topological polar surface area (TPSA) is 42.7 Å². The van der Waals surface area contributed by atoms with E-state index in [1.807, 2.05) is 23.0 Å². The summed E-state index contributed by atoms with van der Waals surface area (Å²) in [7, 11) is 0. The Hall–Kier alpha value is -0.910. The molecule has 2 rings (SSSR count). The first-order valence-corrected chi connectivity index (χ1v) is 8.41. The number of rotatable bonds is 7. The van der Waals surface area contributed by atoms with Crippen LogP contribution in [0.1, 0.15) is 44.0 Å². The third-order valence-electron chi connectivity index (χ3n) is 3.25. The second kappa shape index (κ2) is 7.92. The van der Waals surface area contributed by atoms with Crippen molar-refractivity contribution < 1.29 is 0 Å². The van der Waals surface area contributed by atoms with Crippen molar-refractivity contribution in [2.45, 2.75) is 39.3 Å². The highest BCUT2D eigenvalue weighted by Crippen LogP contribution is 2.29. The van der Waals surface area contributed by atoms with E-state index in [0.29, 0.717) is 5.02 Å². The van der Waals surface area contributed by atoms with Crippen LogP contribution in [-0.2, 0) is 6.54 Å². The molecule has 21 heavy (non-hydrogen) atoms. The largest absolute Gasteiger partial charge is 0.305 e. The maximum absolute atomic E-state index is 6.10. The van der Waals surface area contributed by atoms with Gasteiger partial charge in [-0.15, -0.1) is 5.10 Å². The first-order valence-electron chi connectivity index (χ1n) is 7.24. The Labute approximate surface area is 139 Å². The number of benzene rings is 1. The molecule has 0 saturated carbocycles. The van der Waals surface area contributed by atoms with E-state index in [1.54, 1.807) is 0 Å². The molecule has 1 aromatic heterocycles. The Morgan fingerprint density at radius 2 is 2.14 bits per heavy atom. The summed E-state index contributed by atoms with van der Waals surface area (Å²) in [5.74, 6) is 0. The lowest BCUT2D eigenvalue weighted by molar-refractivity contribution is 0.504. The van der Waals surface area contributed by atoms with Gasteiger partial charge < -0.3 is 5.32 Å². The Kier molecular flexibility index (Phi) is 6.21. The molecule has 1 heterocycles. The summed E-state index contributed by atoms with van der Waals surface area (Å²) in [4.78, 5) is 0. The fourth-order valence-electron chi connectivity index (χ4n) is 2.25. The van der Waals surface area contributed by atoms with Gasteiger partial charge in [0.2, 0.25) is 0 Å². The van der Waals surface area contributed by atoms with Gasteiger partial charge in [0, 0.05) is 11.0 Å². The van der Waals surface area contributed by atoms with Crippen molar-refractivity contribution in [3.63, 3.8) is 0 Å². The summed E-state index contributed by atoms with van der Waals surface area (Å²) >= 11 is 9.60. The van der Waals surface area contributed by atoms with Gasteiger partial charge in [-0.2, -0.15) is 0 Å². The van der Waals surface area contributed by atoms with Crippen molar-refractivity contribution in [2.24, 2.45) is 0 Å². The van der Waals surface area contributed by atoms with Gasteiger partial charge in [-0.1, -0.05) is 36.7 Å². The summed E-state index contributed by atoms with van der Waals surface area (Å²) in [5.41, 5.74) is 2.24. The molecule has 0 saturated heterocycles. The quantitative estimate of drug-likeness (QED) is 0.793. The third kappa shape index (κ3) is 4.05. The number of aryl methyl sites for hydroxylation is 1. The van der Waals surface area contributed by atoms with Gasteiger partial charge in [0.1, 0.15) is 0 Å². The molecule has 2 aromatic rings. The molecule has 6 heteroatoms. The van der Waals surface area contributed by atoms with Crippen LogP contribution in [0.4, 0.5) is 0 Å². The van der Waals surface area contributed by atoms with Crippen LogP contribution < -0.4 is 5.32 Å². The molecule has 0 aliphatic carbocycles. The van der Waals surface area contributed by atoms with Crippen molar-refractivity contribution in [1.82, 2.24) is 20.3 Å². The molecule has 1 N–H and O–H groups in total. The van der Waals surface area contributed by atoms with Gasteiger partial charge in [-0.05, 0) is 53.0 Å². The van der Waals surface area contributed by atoms with Crippen LogP contribution in [0.5, 0.6) is 0 Å². The van der Waals surface area contributed by atoms with Crippen LogP contribution in [0.2, 0.25) is 5.02 Å². The summed E-state index contributed by atoms with van der Waals surface area (Å²) in [5, 5.41) is 12.5. The van der Waals surface area contributed by atoms with Crippen LogP contribution in [0.15, 0.2) is 28.9 Å². The number of halogens is 2. The van der Waals surface area contributed by atoms with Gasteiger partial charge in [0.25, 0.3) is 0 Å². The minimum atomic E-state index is 0.0695. The van der Waals surface area contributed by atoms with E-state index in [9.17, 15) is 0 Å². The van der Waals surface area contributed by atoms with Gasteiger partial charge >= 0.3 is 0 Å². The van der Waals surface area contributed by atoms with Crippen molar-refractivity contribution in [2.75, 3.05) is 6.54 Å². The Bertz CT molecular complexity index is 585. The number of nitrogens with zero attached hydrogens (tertiary/aromatic N) is 3. The molecule has 0 radical (unpaired) electrons. The minimum Gasteiger partial charge on any atom is -0.305 e. The highest BCUT2D eigenvalue weighted by atomic mass is 79.9. The number of hydrogen-bond acceptors (Lipinski definition) is 3. The molecule has 4 nitrogen and oxygen atoms in total. The van der Waals surface area contributed by atoms with Crippen molar-refractivity contribution in [1.29, 1.82) is 0 Å². The zero-order valence-electron chi connectivity index (χ0n) is 12.3. The van der Waals surface area contributed by atoms with Gasteiger partial charge in [0.05, 0.1) is 23.0 Å². The highest BCUT2D eigenvalue weighted by molar-refractivity contribution is 9.10. The Morgan fingerprint density at radius 3 is 2.81 bits per heavy atom. The van der Waals surface area contributed by atoms with Crippen LogP contribution in [0.25, 0.3) is 0 Å². The molecule has 0 spiro atoms. The standard InChI is InChI=1S/C15H20BrClN4/c1-3-7-18-15(11-5-6-13(17)12(16)9-11)14-10-19-20-21(14)8-4-2/h5-6,9-10,15,18H,3-4,7-8H2,1-2H3. The fraction of sp³-hybridized carbons (Fsp3) is 0.467. The van der Waals surface area contributed by atoms with Gasteiger partial charge in [-0.25, -0.2) is 4.68 Å². The molecule has 1 atom stereocenters. The van der Waals surface area contributed by atoms with Crippen LogP contribution >= 0.6 is 27.5 Å². The minimum absolute atomic E-state index is 0.0695. The summed E-state index contributed by atoms with van der Waals surface area (Å²) in [6.07, 6.45) is 3.94. The molecule has 1 aromatic carbocycles. The first-order chi connectivity index (χ1) is 10.2. The maximum Gasteiger partial charge on any atom is 0.0802 e. The number of aromatic nitrogens is 3. The SMILES string of the molecule is CCCNC(c1ccc(Cl)c(Br)c1)c1cnnn1CCC. The Morgan fingerprint density at radius 1 is 1.33 bits per heavy atom. The molecule has 0 aliphatic rings. The zero-order valence-corrected chi connectivity index (χ0v) is 14.7. The predicted molar refractivity (Wildman–Crippen MR) is 89.6 cm³/mol. The monoisotopic (exact) mass is 370 g/mol. The Balaban J connectivity index is 2.37. The summed E-state index contributed by atoms with van der Waals surface area (Å²) < 4.78 is 2.87. The normalized spacial score (nSPS) is 12.6. The summed E-state index contributed by atoms with van der Waals surface area (Å²) in [6, 6.07) is 6.08. The highest BCUT2D eigenvalue weighted by Gasteiger charge is 2.19. The van der Waals surface area contributed by atoms with Crippen LogP contribution in [0.3, 0.4) is 0 Å². The molecule has 0 aliphatic heterocycles. The average Bonchev–Trinajstić information content (AvgIpc) is 2.92. The summed E-state index contributed by atoms with van der Waals surface area (Å²) in [6.45, 7) is 6.10. The average molecular weight is 372 g/mol. The molecule has 0 amide bonds. The van der Waals surface area contributed by atoms with E-state index in [-0.39, 0.29) is 6.04 Å². The maximum atomic E-state index is 6.10. The second-order valence-corrected chi connectivity index (χ2v) is 6.20. The van der Waals surface area contributed by atoms with Gasteiger partial charge in [0.15, 0.2) is 0 Å². The predicted octanol–water partition coefficient (Wildman–Crippen LogP) is 4.19. The molecule has 114 valence electrons. The van der Waals surface area contributed by atoms with E-state index in [2.05, 4.69) is 51.5 Å². The number of nitrogens with one attached hydrogen (secondary N) is 1. The lowest BCUT2D eigenvalue weighted by Crippen LogP contribution is -2.26. The van der Waals surface area contributed by atoms with E-state index < -0.39 is 0 Å². The lowest BCUT2D eigenvalue weighted by atomic mass is 10.0. The van der Waals surface area contributed by atoms with Crippen LogP contribution in [0, 0.1) is 0 Å².